The Hall–Kier alpha value is -1.99. The number of anilines is 2. The molecule has 1 aromatic carbocycles. The molecule has 0 spiro atoms. The number of hydrogen-bond donors (Lipinski definition) is 2. The number of aromatic nitrogens is 2. The molecule has 1 saturated heterocycles. The number of hydrogen-bond acceptors (Lipinski definition) is 5. The summed E-state index contributed by atoms with van der Waals surface area (Å²) in [6.45, 7) is 9.73. The van der Waals surface area contributed by atoms with Gasteiger partial charge >= 0.3 is 0 Å². The highest BCUT2D eigenvalue weighted by Crippen LogP contribution is 2.18. The summed E-state index contributed by atoms with van der Waals surface area (Å²) >= 11 is 1.45. The molecule has 1 aromatic heterocycles. The minimum atomic E-state index is 0.0183. The highest BCUT2D eigenvalue weighted by atomic mass is 32.1. The van der Waals surface area contributed by atoms with Crippen LogP contribution < -0.4 is 15.1 Å². The smallest absolute Gasteiger partial charge is 0.281 e. The van der Waals surface area contributed by atoms with E-state index in [4.69, 9.17) is 0 Å². The Morgan fingerprint density at radius 3 is 2.76 bits per heavy atom. The molecule has 1 unspecified atom stereocenters. The van der Waals surface area contributed by atoms with Crippen LogP contribution in [0.4, 0.5) is 10.8 Å². The predicted molar refractivity (Wildman–Crippen MR) is 101 cm³/mol. The Kier molecular flexibility index (Phi) is 5.65. The zero-order valence-corrected chi connectivity index (χ0v) is 15.9. The Morgan fingerprint density at radius 1 is 1.36 bits per heavy atom. The maximum atomic E-state index is 12.3. The lowest BCUT2D eigenvalue weighted by atomic mass is 10.1. The molecule has 25 heavy (non-hydrogen) atoms. The SMILES string of the molecule is CCc1nnc(NC(=O)C[NH+]2CCN(c3ccc(C)cc3)[C@H](C)C2)s1. The number of carbonyl (C=O) groups is 1. The van der Waals surface area contributed by atoms with Gasteiger partial charge in [-0.3, -0.25) is 10.1 Å². The van der Waals surface area contributed by atoms with E-state index in [2.05, 4.69) is 58.5 Å². The monoisotopic (exact) mass is 360 g/mol. The Labute approximate surface area is 152 Å². The van der Waals surface area contributed by atoms with E-state index in [1.54, 1.807) is 0 Å². The zero-order valence-electron chi connectivity index (χ0n) is 15.1. The van der Waals surface area contributed by atoms with Crippen LogP contribution in [-0.4, -0.2) is 48.3 Å². The summed E-state index contributed by atoms with van der Waals surface area (Å²) in [5.41, 5.74) is 2.54. The summed E-state index contributed by atoms with van der Waals surface area (Å²) in [7, 11) is 0. The molecule has 0 bridgehead atoms. The van der Waals surface area contributed by atoms with Gasteiger partial charge in [-0.1, -0.05) is 36.0 Å². The van der Waals surface area contributed by atoms with Gasteiger partial charge in [0, 0.05) is 5.69 Å². The normalized spacial score (nSPS) is 20.5. The van der Waals surface area contributed by atoms with Crippen LogP contribution in [0.5, 0.6) is 0 Å². The third kappa shape index (κ3) is 4.55. The molecule has 2 atom stereocenters. The van der Waals surface area contributed by atoms with E-state index >= 15 is 0 Å². The van der Waals surface area contributed by atoms with Crippen LogP contribution in [0.2, 0.25) is 0 Å². The van der Waals surface area contributed by atoms with Gasteiger partial charge in [0.1, 0.15) is 5.01 Å². The molecule has 2 heterocycles. The number of nitrogens with zero attached hydrogens (tertiary/aromatic N) is 3. The van der Waals surface area contributed by atoms with E-state index in [-0.39, 0.29) is 5.91 Å². The number of piperazine rings is 1. The van der Waals surface area contributed by atoms with Gasteiger partial charge in [0.2, 0.25) is 5.13 Å². The summed E-state index contributed by atoms with van der Waals surface area (Å²) < 4.78 is 0. The van der Waals surface area contributed by atoms with Crippen LogP contribution in [-0.2, 0) is 11.2 Å². The quantitative estimate of drug-likeness (QED) is 0.839. The molecule has 1 aliphatic rings. The van der Waals surface area contributed by atoms with Crippen LogP contribution in [0.1, 0.15) is 24.4 Å². The number of carbonyl (C=O) groups excluding carboxylic acids is 1. The largest absolute Gasteiger partial charge is 0.358 e. The first-order valence-corrected chi connectivity index (χ1v) is 9.66. The van der Waals surface area contributed by atoms with Crippen LogP contribution >= 0.6 is 11.3 Å². The fourth-order valence-electron chi connectivity index (χ4n) is 3.25. The second-order valence-corrected chi connectivity index (χ2v) is 7.72. The Balaban J connectivity index is 1.52. The Morgan fingerprint density at radius 2 is 2.12 bits per heavy atom. The lowest BCUT2D eigenvalue weighted by Crippen LogP contribution is -3.16. The molecule has 1 aliphatic heterocycles. The summed E-state index contributed by atoms with van der Waals surface area (Å²) in [4.78, 5) is 16.0. The number of amides is 1. The molecule has 0 aliphatic carbocycles. The van der Waals surface area contributed by atoms with Crippen molar-refractivity contribution in [2.45, 2.75) is 33.2 Å². The van der Waals surface area contributed by atoms with Crippen molar-refractivity contribution < 1.29 is 9.69 Å². The van der Waals surface area contributed by atoms with Gasteiger partial charge in [-0.05, 0) is 32.4 Å². The molecule has 2 aromatic rings. The van der Waals surface area contributed by atoms with Crippen LogP contribution in [0.3, 0.4) is 0 Å². The van der Waals surface area contributed by atoms with Crippen LogP contribution in [0.15, 0.2) is 24.3 Å². The first-order chi connectivity index (χ1) is 12.0. The van der Waals surface area contributed by atoms with Crippen molar-refractivity contribution in [3.05, 3.63) is 34.8 Å². The Bertz CT molecular complexity index is 715. The van der Waals surface area contributed by atoms with Crippen molar-refractivity contribution in [1.29, 1.82) is 0 Å². The van der Waals surface area contributed by atoms with Crippen molar-refractivity contribution in [2.75, 3.05) is 36.4 Å². The third-order valence-electron chi connectivity index (χ3n) is 4.61. The van der Waals surface area contributed by atoms with Gasteiger partial charge in [-0.2, -0.15) is 0 Å². The topological polar surface area (TPSA) is 62.6 Å². The van der Waals surface area contributed by atoms with E-state index in [9.17, 15) is 4.79 Å². The maximum absolute atomic E-state index is 12.3. The lowest BCUT2D eigenvalue weighted by Gasteiger charge is -2.38. The van der Waals surface area contributed by atoms with Crippen LogP contribution in [0, 0.1) is 6.92 Å². The van der Waals surface area contributed by atoms with E-state index in [1.165, 1.54) is 27.5 Å². The van der Waals surface area contributed by atoms with Gasteiger partial charge in [-0.15, -0.1) is 10.2 Å². The van der Waals surface area contributed by atoms with Crippen molar-refractivity contribution in [3.63, 3.8) is 0 Å². The molecule has 2 N–H and O–H groups in total. The van der Waals surface area contributed by atoms with Gasteiger partial charge < -0.3 is 9.80 Å². The van der Waals surface area contributed by atoms with E-state index in [0.717, 1.165) is 31.1 Å². The lowest BCUT2D eigenvalue weighted by molar-refractivity contribution is -0.894. The maximum Gasteiger partial charge on any atom is 0.281 e. The molecular formula is C18H26N5OS+. The minimum absolute atomic E-state index is 0.0183. The second kappa shape index (κ2) is 7.93. The minimum Gasteiger partial charge on any atom is -0.358 e. The highest BCUT2D eigenvalue weighted by Gasteiger charge is 2.28. The number of rotatable bonds is 5. The average molecular weight is 361 g/mol. The molecular weight excluding hydrogens is 334 g/mol. The van der Waals surface area contributed by atoms with E-state index < -0.39 is 0 Å². The van der Waals surface area contributed by atoms with E-state index in [0.29, 0.717) is 17.7 Å². The molecule has 1 amide bonds. The summed E-state index contributed by atoms with van der Waals surface area (Å²) in [5.74, 6) is 0.0183. The summed E-state index contributed by atoms with van der Waals surface area (Å²) in [5, 5.41) is 12.5. The molecule has 7 heteroatoms. The number of quaternary nitrogens is 1. The van der Waals surface area contributed by atoms with Crippen LogP contribution in [0.25, 0.3) is 0 Å². The molecule has 0 radical (unpaired) electrons. The molecule has 3 rings (SSSR count). The summed E-state index contributed by atoms with van der Waals surface area (Å²) in [6.07, 6.45) is 0.845. The average Bonchev–Trinajstić information content (AvgIpc) is 3.03. The first kappa shape index (κ1) is 17.8. The van der Waals surface area contributed by atoms with Gasteiger partial charge in [-0.25, -0.2) is 0 Å². The first-order valence-electron chi connectivity index (χ1n) is 8.84. The van der Waals surface area contributed by atoms with Crippen molar-refractivity contribution in [2.24, 2.45) is 0 Å². The number of benzene rings is 1. The van der Waals surface area contributed by atoms with Gasteiger partial charge in [0.15, 0.2) is 6.54 Å². The van der Waals surface area contributed by atoms with Crippen molar-refractivity contribution in [1.82, 2.24) is 10.2 Å². The van der Waals surface area contributed by atoms with Crippen molar-refractivity contribution in [3.8, 4) is 0 Å². The molecule has 6 nitrogen and oxygen atoms in total. The van der Waals surface area contributed by atoms with Crippen molar-refractivity contribution >= 4 is 28.1 Å². The molecule has 0 saturated carbocycles. The predicted octanol–water partition coefficient (Wildman–Crippen LogP) is 1.14. The molecule has 1 fully saturated rings. The fourth-order valence-corrected chi connectivity index (χ4v) is 3.94. The highest BCUT2D eigenvalue weighted by molar-refractivity contribution is 7.15. The molecule has 134 valence electrons. The number of nitrogens with one attached hydrogen (secondary N) is 2. The van der Waals surface area contributed by atoms with E-state index in [1.807, 2.05) is 6.92 Å². The fraction of sp³-hybridized carbons (Fsp3) is 0.500. The zero-order chi connectivity index (χ0) is 17.8. The third-order valence-corrected chi connectivity index (χ3v) is 5.60. The number of aryl methyl sites for hydroxylation is 2. The van der Waals surface area contributed by atoms with Gasteiger partial charge in [0.25, 0.3) is 5.91 Å². The van der Waals surface area contributed by atoms with Gasteiger partial charge in [0.05, 0.1) is 25.7 Å². The summed E-state index contributed by atoms with van der Waals surface area (Å²) in [6, 6.07) is 9.09. The standard InChI is InChI=1S/C18H25N5OS/c1-4-17-20-21-18(25-17)19-16(24)12-22-9-10-23(14(3)11-22)15-7-5-13(2)6-8-15/h5-8,14H,4,9-12H2,1-3H3,(H,19,21,24)/p+1/t14-/m1/s1. The second-order valence-electron chi connectivity index (χ2n) is 6.66.